The third kappa shape index (κ3) is 3.34. The Morgan fingerprint density at radius 3 is 2.95 bits per heavy atom. The van der Waals surface area contributed by atoms with Crippen molar-refractivity contribution in [3.8, 4) is 0 Å². The highest BCUT2D eigenvalue weighted by Crippen LogP contribution is 2.19. The van der Waals surface area contributed by atoms with Crippen molar-refractivity contribution >= 4 is 5.97 Å². The summed E-state index contributed by atoms with van der Waals surface area (Å²) in [5, 5.41) is 16.8. The largest absolute Gasteiger partial charge is 0.476 e. The van der Waals surface area contributed by atoms with E-state index in [-0.39, 0.29) is 5.69 Å². The quantitative estimate of drug-likeness (QED) is 0.781. The molecule has 1 fully saturated rings. The second kappa shape index (κ2) is 6.81. The summed E-state index contributed by atoms with van der Waals surface area (Å²) in [6.07, 6.45) is 5.19. The molecule has 1 aliphatic rings. The third-order valence-electron chi connectivity index (χ3n) is 4.02. The number of nitrogens with two attached hydrogens (primary N) is 1. The van der Waals surface area contributed by atoms with Crippen LogP contribution in [0.1, 0.15) is 41.9 Å². The molecule has 2 rings (SSSR count). The van der Waals surface area contributed by atoms with Gasteiger partial charge < -0.3 is 15.7 Å². The molecule has 1 aliphatic heterocycles. The van der Waals surface area contributed by atoms with Crippen LogP contribution >= 0.6 is 0 Å². The summed E-state index contributed by atoms with van der Waals surface area (Å²) in [5.41, 5.74) is 6.22. The van der Waals surface area contributed by atoms with Crippen LogP contribution in [-0.2, 0) is 13.0 Å². The normalized spacial score (nSPS) is 20.2. The van der Waals surface area contributed by atoms with Gasteiger partial charge in [0.05, 0.1) is 5.69 Å². The fourth-order valence-electron chi connectivity index (χ4n) is 2.84. The molecule has 7 heteroatoms. The summed E-state index contributed by atoms with van der Waals surface area (Å²) in [4.78, 5) is 13.5. The van der Waals surface area contributed by atoms with Gasteiger partial charge in [-0.15, -0.1) is 5.10 Å². The number of aryl methyl sites for hydroxylation is 1. The first-order valence-corrected chi connectivity index (χ1v) is 7.19. The van der Waals surface area contributed by atoms with E-state index in [9.17, 15) is 4.79 Å². The molecule has 20 heavy (non-hydrogen) atoms. The lowest BCUT2D eigenvalue weighted by molar-refractivity contribution is 0.0689. The van der Waals surface area contributed by atoms with Gasteiger partial charge >= 0.3 is 5.97 Å². The molecule has 3 N–H and O–H groups in total. The zero-order valence-electron chi connectivity index (χ0n) is 12.0. The van der Waals surface area contributed by atoms with Gasteiger partial charge in [-0.3, -0.25) is 0 Å². The minimum absolute atomic E-state index is 0.0347. The number of hydrogen-bond donors (Lipinski definition) is 2. The number of carboxylic acid groups (broad SMARTS) is 1. The number of nitrogens with zero attached hydrogens (tertiary/aromatic N) is 4. The Kier molecular flexibility index (Phi) is 5.08. The Labute approximate surface area is 118 Å². The summed E-state index contributed by atoms with van der Waals surface area (Å²) < 4.78 is 1.71. The summed E-state index contributed by atoms with van der Waals surface area (Å²) in [7, 11) is 2.15. The molecule has 1 atom stereocenters. The van der Waals surface area contributed by atoms with E-state index < -0.39 is 5.97 Å². The molecule has 7 nitrogen and oxygen atoms in total. The van der Waals surface area contributed by atoms with Gasteiger partial charge in [0.2, 0.25) is 0 Å². The highest BCUT2D eigenvalue weighted by atomic mass is 16.4. The number of aromatic carboxylic acids is 1. The summed E-state index contributed by atoms with van der Waals surface area (Å²) >= 11 is 0. The van der Waals surface area contributed by atoms with Crippen molar-refractivity contribution in [2.75, 3.05) is 20.1 Å². The lowest BCUT2D eigenvalue weighted by Crippen LogP contribution is -2.37. The summed E-state index contributed by atoms with van der Waals surface area (Å²) in [5.74, 6) is -1.03. The van der Waals surface area contributed by atoms with Gasteiger partial charge in [-0.2, -0.15) is 0 Å². The predicted molar refractivity (Wildman–Crippen MR) is 74.6 cm³/mol. The highest BCUT2D eigenvalue weighted by Gasteiger charge is 2.21. The van der Waals surface area contributed by atoms with E-state index in [1.165, 1.54) is 19.3 Å². The van der Waals surface area contributed by atoms with Gasteiger partial charge in [-0.1, -0.05) is 11.6 Å². The van der Waals surface area contributed by atoms with Gasteiger partial charge in [0.1, 0.15) is 0 Å². The van der Waals surface area contributed by atoms with E-state index in [1.807, 2.05) is 0 Å². The van der Waals surface area contributed by atoms with E-state index in [4.69, 9.17) is 10.8 Å². The average molecular weight is 281 g/mol. The van der Waals surface area contributed by atoms with E-state index in [2.05, 4.69) is 22.3 Å². The van der Waals surface area contributed by atoms with Crippen molar-refractivity contribution < 1.29 is 9.90 Å². The van der Waals surface area contributed by atoms with E-state index >= 15 is 0 Å². The lowest BCUT2D eigenvalue weighted by atomic mass is 10.0. The van der Waals surface area contributed by atoms with Gasteiger partial charge in [-0.25, -0.2) is 9.48 Å². The first kappa shape index (κ1) is 14.9. The van der Waals surface area contributed by atoms with Crippen molar-refractivity contribution in [3.63, 3.8) is 0 Å². The number of aromatic nitrogens is 3. The van der Waals surface area contributed by atoms with Crippen LogP contribution in [-0.4, -0.2) is 57.1 Å². The molecule has 0 saturated carbocycles. The summed E-state index contributed by atoms with van der Waals surface area (Å²) in [6.45, 7) is 2.24. The average Bonchev–Trinajstić information content (AvgIpc) is 2.82. The molecule has 0 bridgehead atoms. The third-order valence-corrected chi connectivity index (χ3v) is 4.02. The molecule has 0 amide bonds. The second-order valence-electron chi connectivity index (χ2n) is 5.37. The minimum atomic E-state index is -1.03. The number of carboxylic acids is 1. The molecule has 1 aromatic heterocycles. The molecular weight excluding hydrogens is 258 g/mol. The smallest absolute Gasteiger partial charge is 0.358 e. The SMILES string of the molecule is CN1CCCCC1CCn1nnc(C(=O)O)c1CCN. The molecule has 112 valence electrons. The molecular formula is C13H23N5O2. The van der Waals surface area contributed by atoms with E-state index in [0.29, 0.717) is 31.2 Å². The van der Waals surface area contributed by atoms with Gasteiger partial charge in [0, 0.05) is 19.0 Å². The number of piperidine rings is 1. The molecule has 0 radical (unpaired) electrons. The second-order valence-corrected chi connectivity index (χ2v) is 5.37. The molecule has 1 unspecified atom stereocenters. The highest BCUT2D eigenvalue weighted by molar-refractivity contribution is 5.86. The first-order chi connectivity index (χ1) is 9.63. The van der Waals surface area contributed by atoms with Crippen LogP contribution in [0, 0.1) is 0 Å². The van der Waals surface area contributed by atoms with Gasteiger partial charge in [0.25, 0.3) is 0 Å². The number of rotatable bonds is 6. The first-order valence-electron chi connectivity index (χ1n) is 7.19. The molecule has 0 spiro atoms. The maximum atomic E-state index is 11.1. The molecule has 2 heterocycles. The number of likely N-dealkylation sites (tertiary alicyclic amines) is 1. The Morgan fingerprint density at radius 2 is 2.30 bits per heavy atom. The maximum absolute atomic E-state index is 11.1. The molecule has 0 aromatic carbocycles. The van der Waals surface area contributed by atoms with Crippen LogP contribution in [0.3, 0.4) is 0 Å². The summed E-state index contributed by atoms with van der Waals surface area (Å²) in [6, 6.07) is 0.548. The Morgan fingerprint density at radius 1 is 1.50 bits per heavy atom. The van der Waals surface area contributed by atoms with E-state index in [1.54, 1.807) is 4.68 Å². The van der Waals surface area contributed by atoms with Crippen LogP contribution in [0.4, 0.5) is 0 Å². The van der Waals surface area contributed by atoms with Crippen molar-refractivity contribution in [1.29, 1.82) is 0 Å². The lowest BCUT2D eigenvalue weighted by Gasteiger charge is -2.32. The predicted octanol–water partition coefficient (Wildman–Crippen LogP) is 0.352. The van der Waals surface area contributed by atoms with Gasteiger partial charge in [0.15, 0.2) is 5.69 Å². The van der Waals surface area contributed by atoms with Gasteiger partial charge in [-0.05, 0) is 39.4 Å². The molecule has 0 aliphatic carbocycles. The Hall–Kier alpha value is -1.47. The van der Waals surface area contributed by atoms with E-state index in [0.717, 1.165) is 13.0 Å². The van der Waals surface area contributed by atoms with Crippen molar-refractivity contribution in [2.45, 2.75) is 44.7 Å². The molecule has 1 saturated heterocycles. The van der Waals surface area contributed by atoms with Crippen LogP contribution in [0.5, 0.6) is 0 Å². The Bertz CT molecular complexity index is 460. The zero-order valence-corrected chi connectivity index (χ0v) is 12.0. The van der Waals surface area contributed by atoms with Crippen LogP contribution < -0.4 is 5.73 Å². The van der Waals surface area contributed by atoms with Crippen LogP contribution in [0.2, 0.25) is 0 Å². The Balaban J connectivity index is 2.03. The topological polar surface area (TPSA) is 97.3 Å². The monoisotopic (exact) mass is 281 g/mol. The van der Waals surface area contributed by atoms with Crippen molar-refractivity contribution in [2.24, 2.45) is 5.73 Å². The minimum Gasteiger partial charge on any atom is -0.476 e. The standard InChI is InChI=1S/C13H23N5O2/c1-17-8-3-2-4-10(17)6-9-18-11(5-7-14)12(13(19)20)15-16-18/h10H,2-9,14H2,1H3,(H,19,20). The van der Waals surface area contributed by atoms with Crippen LogP contribution in [0.15, 0.2) is 0 Å². The van der Waals surface area contributed by atoms with Crippen molar-refractivity contribution in [3.05, 3.63) is 11.4 Å². The van der Waals surface area contributed by atoms with Crippen molar-refractivity contribution in [1.82, 2.24) is 19.9 Å². The van der Waals surface area contributed by atoms with Crippen LogP contribution in [0.25, 0.3) is 0 Å². The fourth-order valence-corrected chi connectivity index (χ4v) is 2.84. The maximum Gasteiger partial charge on any atom is 0.358 e. The number of carbonyl (C=O) groups is 1. The fraction of sp³-hybridized carbons (Fsp3) is 0.769. The zero-order chi connectivity index (χ0) is 14.5. The number of hydrogen-bond acceptors (Lipinski definition) is 5. The molecule has 1 aromatic rings.